The average molecular weight is 210 g/mol. The van der Waals surface area contributed by atoms with Crippen LogP contribution in [-0.4, -0.2) is 11.9 Å². The van der Waals surface area contributed by atoms with E-state index in [1.807, 2.05) is 6.92 Å². The van der Waals surface area contributed by atoms with E-state index in [0.717, 1.165) is 5.56 Å². The molecule has 0 saturated carbocycles. The number of carbonyl (C=O) groups is 1. The molecule has 0 spiro atoms. The zero-order valence-corrected chi connectivity index (χ0v) is 8.66. The first-order valence-electron chi connectivity index (χ1n) is 4.91. The molecule has 0 aliphatic carbocycles. The van der Waals surface area contributed by atoms with E-state index in [0.29, 0.717) is 13.0 Å². The van der Waals surface area contributed by atoms with E-state index in [2.05, 4.69) is 5.32 Å². The largest absolute Gasteiger partial charge is 0.351 e. The van der Waals surface area contributed by atoms with Crippen LogP contribution in [0, 0.1) is 5.82 Å². The fourth-order valence-electron chi connectivity index (χ4n) is 1.15. The Balaban J connectivity index is 2.47. The van der Waals surface area contributed by atoms with E-state index in [9.17, 15) is 9.18 Å². The minimum atomic E-state index is -0.487. The first kappa shape index (κ1) is 11.7. The second-order valence-corrected chi connectivity index (χ2v) is 3.36. The van der Waals surface area contributed by atoms with Crippen LogP contribution in [0.5, 0.6) is 0 Å². The third-order valence-electron chi connectivity index (χ3n) is 2.13. The molecule has 1 atom stereocenters. The van der Waals surface area contributed by atoms with Crippen molar-refractivity contribution >= 4 is 5.91 Å². The molecule has 3 nitrogen and oxygen atoms in total. The number of rotatable bonds is 4. The van der Waals surface area contributed by atoms with E-state index in [1.54, 1.807) is 12.1 Å². The Bertz CT molecular complexity index is 341. The SMILES string of the molecule is CC[C@H](N)C(=O)NCc1cccc(F)c1. The van der Waals surface area contributed by atoms with Crippen LogP contribution in [0.25, 0.3) is 0 Å². The Kier molecular flexibility index (Phi) is 4.24. The second kappa shape index (κ2) is 5.46. The van der Waals surface area contributed by atoms with E-state index in [-0.39, 0.29) is 11.7 Å². The van der Waals surface area contributed by atoms with Gasteiger partial charge in [0.1, 0.15) is 5.82 Å². The monoisotopic (exact) mass is 210 g/mol. The highest BCUT2D eigenvalue weighted by Crippen LogP contribution is 2.02. The van der Waals surface area contributed by atoms with Crippen LogP contribution in [0.15, 0.2) is 24.3 Å². The lowest BCUT2D eigenvalue weighted by Crippen LogP contribution is -2.39. The molecule has 4 heteroatoms. The van der Waals surface area contributed by atoms with Gasteiger partial charge < -0.3 is 11.1 Å². The van der Waals surface area contributed by atoms with Crippen LogP contribution < -0.4 is 11.1 Å². The Morgan fingerprint density at radius 1 is 1.60 bits per heavy atom. The fraction of sp³-hybridized carbons (Fsp3) is 0.364. The number of nitrogens with two attached hydrogens (primary N) is 1. The van der Waals surface area contributed by atoms with Gasteiger partial charge in [-0.2, -0.15) is 0 Å². The molecule has 0 fully saturated rings. The van der Waals surface area contributed by atoms with Crippen molar-refractivity contribution in [3.8, 4) is 0 Å². The maximum Gasteiger partial charge on any atom is 0.237 e. The van der Waals surface area contributed by atoms with Crippen molar-refractivity contribution in [3.05, 3.63) is 35.6 Å². The molecule has 0 aromatic heterocycles. The molecular weight excluding hydrogens is 195 g/mol. The zero-order valence-electron chi connectivity index (χ0n) is 8.66. The molecule has 0 aliphatic heterocycles. The summed E-state index contributed by atoms with van der Waals surface area (Å²) in [5.41, 5.74) is 6.25. The first-order valence-corrected chi connectivity index (χ1v) is 4.91. The minimum Gasteiger partial charge on any atom is -0.351 e. The smallest absolute Gasteiger partial charge is 0.237 e. The Morgan fingerprint density at radius 3 is 2.93 bits per heavy atom. The molecule has 0 heterocycles. The number of hydrogen-bond donors (Lipinski definition) is 2. The highest BCUT2D eigenvalue weighted by molar-refractivity contribution is 5.81. The predicted octanol–water partition coefficient (Wildman–Crippen LogP) is 1.18. The number of nitrogens with one attached hydrogen (secondary N) is 1. The highest BCUT2D eigenvalue weighted by atomic mass is 19.1. The van der Waals surface area contributed by atoms with Crippen LogP contribution >= 0.6 is 0 Å². The lowest BCUT2D eigenvalue weighted by atomic mass is 10.2. The third-order valence-corrected chi connectivity index (χ3v) is 2.13. The summed E-state index contributed by atoms with van der Waals surface area (Å²) in [6, 6.07) is 5.62. The molecule has 1 aromatic carbocycles. The summed E-state index contributed by atoms with van der Waals surface area (Å²) in [6.45, 7) is 2.15. The number of carbonyl (C=O) groups excluding carboxylic acids is 1. The molecule has 0 aliphatic rings. The van der Waals surface area contributed by atoms with Crippen LogP contribution in [-0.2, 0) is 11.3 Å². The van der Waals surface area contributed by atoms with E-state index >= 15 is 0 Å². The standard InChI is InChI=1S/C11H15FN2O/c1-2-10(13)11(15)14-7-8-4-3-5-9(12)6-8/h3-6,10H,2,7,13H2,1H3,(H,14,15)/t10-/m0/s1. The molecule has 1 rings (SSSR count). The Labute approximate surface area is 88.5 Å². The van der Waals surface area contributed by atoms with Gasteiger partial charge in [0.15, 0.2) is 0 Å². The zero-order chi connectivity index (χ0) is 11.3. The van der Waals surface area contributed by atoms with Gasteiger partial charge >= 0.3 is 0 Å². The Hall–Kier alpha value is -1.42. The van der Waals surface area contributed by atoms with Crippen molar-refractivity contribution in [3.63, 3.8) is 0 Å². The molecule has 0 saturated heterocycles. The van der Waals surface area contributed by atoms with Crippen LogP contribution in [0.2, 0.25) is 0 Å². The van der Waals surface area contributed by atoms with Crippen molar-refractivity contribution in [1.29, 1.82) is 0 Å². The predicted molar refractivity (Wildman–Crippen MR) is 56.5 cm³/mol. The van der Waals surface area contributed by atoms with E-state index in [4.69, 9.17) is 5.73 Å². The minimum absolute atomic E-state index is 0.207. The Morgan fingerprint density at radius 2 is 2.33 bits per heavy atom. The van der Waals surface area contributed by atoms with Gasteiger partial charge in [-0.15, -0.1) is 0 Å². The second-order valence-electron chi connectivity index (χ2n) is 3.36. The van der Waals surface area contributed by atoms with E-state index in [1.165, 1.54) is 12.1 Å². The van der Waals surface area contributed by atoms with E-state index < -0.39 is 6.04 Å². The summed E-state index contributed by atoms with van der Waals surface area (Å²) in [4.78, 5) is 11.3. The van der Waals surface area contributed by atoms with Crippen molar-refractivity contribution < 1.29 is 9.18 Å². The lowest BCUT2D eigenvalue weighted by molar-refractivity contribution is -0.122. The summed E-state index contributed by atoms with van der Waals surface area (Å²) in [7, 11) is 0. The van der Waals surface area contributed by atoms with Gasteiger partial charge in [0, 0.05) is 6.54 Å². The molecule has 0 radical (unpaired) electrons. The fourth-order valence-corrected chi connectivity index (χ4v) is 1.15. The summed E-state index contributed by atoms with van der Waals surface area (Å²) in [6.07, 6.45) is 0.592. The van der Waals surface area contributed by atoms with Gasteiger partial charge in [0.2, 0.25) is 5.91 Å². The summed E-state index contributed by atoms with van der Waals surface area (Å²) in [5, 5.41) is 2.65. The average Bonchev–Trinajstić information content (AvgIpc) is 2.25. The number of hydrogen-bond acceptors (Lipinski definition) is 2. The first-order chi connectivity index (χ1) is 7.13. The lowest BCUT2D eigenvalue weighted by Gasteiger charge is -2.09. The molecule has 15 heavy (non-hydrogen) atoms. The quantitative estimate of drug-likeness (QED) is 0.784. The summed E-state index contributed by atoms with van der Waals surface area (Å²) in [5.74, 6) is -0.511. The maximum atomic E-state index is 12.8. The van der Waals surface area contributed by atoms with Gasteiger partial charge in [-0.1, -0.05) is 19.1 Å². The van der Waals surface area contributed by atoms with Gasteiger partial charge in [0.25, 0.3) is 0 Å². The molecule has 0 bridgehead atoms. The molecule has 82 valence electrons. The number of amides is 1. The van der Waals surface area contributed by atoms with Crippen LogP contribution in [0.3, 0.4) is 0 Å². The molecule has 1 amide bonds. The molecule has 0 unspecified atom stereocenters. The summed E-state index contributed by atoms with van der Waals surface area (Å²) < 4.78 is 12.8. The highest BCUT2D eigenvalue weighted by Gasteiger charge is 2.09. The topological polar surface area (TPSA) is 55.1 Å². The van der Waals surface area contributed by atoms with Crippen molar-refractivity contribution in [2.75, 3.05) is 0 Å². The molecule has 1 aromatic rings. The van der Waals surface area contributed by atoms with Crippen molar-refractivity contribution in [1.82, 2.24) is 5.32 Å². The maximum absolute atomic E-state index is 12.8. The molecule has 3 N–H and O–H groups in total. The normalized spacial score (nSPS) is 12.2. The van der Waals surface area contributed by atoms with Gasteiger partial charge in [-0.3, -0.25) is 4.79 Å². The van der Waals surface area contributed by atoms with Crippen LogP contribution in [0.4, 0.5) is 4.39 Å². The van der Waals surface area contributed by atoms with Crippen molar-refractivity contribution in [2.24, 2.45) is 5.73 Å². The number of benzene rings is 1. The van der Waals surface area contributed by atoms with Crippen LogP contribution in [0.1, 0.15) is 18.9 Å². The van der Waals surface area contributed by atoms with Crippen molar-refractivity contribution in [2.45, 2.75) is 25.9 Å². The van der Waals surface area contributed by atoms with Gasteiger partial charge in [-0.25, -0.2) is 4.39 Å². The van der Waals surface area contributed by atoms with Gasteiger partial charge in [0.05, 0.1) is 6.04 Å². The van der Waals surface area contributed by atoms with Gasteiger partial charge in [-0.05, 0) is 24.1 Å². The molecular formula is C11H15FN2O. The third kappa shape index (κ3) is 3.67. The number of halogens is 1. The summed E-state index contributed by atoms with van der Waals surface area (Å²) >= 11 is 0.